The van der Waals surface area contributed by atoms with Gasteiger partial charge in [-0.15, -0.1) is 0 Å². The monoisotopic (exact) mass is 334 g/mol. The van der Waals surface area contributed by atoms with E-state index in [0.29, 0.717) is 5.75 Å². The highest BCUT2D eigenvalue weighted by Gasteiger charge is 2.12. The number of nitrogens with zero attached hydrogens (tertiary/aromatic N) is 1. The molecule has 1 aromatic rings. The van der Waals surface area contributed by atoms with Crippen molar-refractivity contribution in [3.05, 3.63) is 27.3 Å². The van der Waals surface area contributed by atoms with Crippen molar-refractivity contribution < 1.29 is 14.4 Å². The SMILES string of the molecule is CO/N=C(/Oc1cc(I)ccc1C)C(N)=O. The highest BCUT2D eigenvalue weighted by molar-refractivity contribution is 14.1. The lowest BCUT2D eigenvalue weighted by Crippen LogP contribution is -2.28. The zero-order valence-corrected chi connectivity index (χ0v) is 11.0. The van der Waals surface area contributed by atoms with Crippen molar-refractivity contribution in [1.29, 1.82) is 0 Å². The van der Waals surface area contributed by atoms with Gasteiger partial charge >= 0.3 is 11.8 Å². The van der Waals surface area contributed by atoms with Gasteiger partial charge in [-0.25, -0.2) is 0 Å². The van der Waals surface area contributed by atoms with Crippen LogP contribution in [0.5, 0.6) is 5.75 Å². The van der Waals surface area contributed by atoms with Gasteiger partial charge in [-0.1, -0.05) is 6.07 Å². The highest BCUT2D eigenvalue weighted by atomic mass is 127. The van der Waals surface area contributed by atoms with Crippen molar-refractivity contribution in [2.24, 2.45) is 10.9 Å². The molecule has 0 aliphatic carbocycles. The van der Waals surface area contributed by atoms with E-state index in [-0.39, 0.29) is 5.90 Å². The van der Waals surface area contributed by atoms with Crippen LogP contribution in [0.25, 0.3) is 0 Å². The summed E-state index contributed by atoms with van der Waals surface area (Å²) in [6.07, 6.45) is 0. The number of amides is 1. The first kappa shape index (κ1) is 12.8. The smallest absolute Gasteiger partial charge is 0.321 e. The summed E-state index contributed by atoms with van der Waals surface area (Å²) in [5, 5.41) is 3.41. The first-order chi connectivity index (χ1) is 7.54. The molecule has 16 heavy (non-hydrogen) atoms. The number of hydrogen-bond acceptors (Lipinski definition) is 4. The number of carbonyl (C=O) groups excluding carboxylic acids is 1. The largest absolute Gasteiger partial charge is 0.432 e. The molecule has 0 unspecified atom stereocenters. The molecule has 0 aliphatic heterocycles. The Morgan fingerprint density at radius 2 is 2.19 bits per heavy atom. The first-order valence-corrected chi connectivity index (χ1v) is 5.47. The quantitative estimate of drug-likeness (QED) is 0.385. The Kier molecular flexibility index (Phi) is 4.53. The molecular weight excluding hydrogens is 323 g/mol. The van der Waals surface area contributed by atoms with Crippen LogP contribution in [0.2, 0.25) is 0 Å². The Bertz CT molecular complexity index is 432. The van der Waals surface area contributed by atoms with E-state index in [1.165, 1.54) is 7.11 Å². The van der Waals surface area contributed by atoms with E-state index in [2.05, 4.69) is 32.6 Å². The normalized spacial score (nSPS) is 11.1. The van der Waals surface area contributed by atoms with Crippen molar-refractivity contribution in [3.8, 4) is 5.75 Å². The lowest BCUT2D eigenvalue weighted by molar-refractivity contribution is -0.113. The number of primary amides is 1. The van der Waals surface area contributed by atoms with Gasteiger partial charge in [0.25, 0.3) is 0 Å². The van der Waals surface area contributed by atoms with E-state index in [4.69, 9.17) is 10.5 Å². The fraction of sp³-hybridized carbons (Fsp3) is 0.200. The van der Waals surface area contributed by atoms with Gasteiger partial charge < -0.3 is 15.3 Å². The van der Waals surface area contributed by atoms with Crippen molar-refractivity contribution in [1.82, 2.24) is 0 Å². The number of oxime groups is 1. The van der Waals surface area contributed by atoms with Crippen LogP contribution in [0.3, 0.4) is 0 Å². The molecule has 0 spiro atoms. The predicted octanol–water partition coefficient (Wildman–Crippen LogP) is 1.42. The minimum absolute atomic E-state index is 0.271. The second-order valence-electron chi connectivity index (χ2n) is 2.96. The summed E-state index contributed by atoms with van der Waals surface area (Å²) in [5.74, 6) is -0.519. The average Bonchev–Trinajstić information content (AvgIpc) is 2.22. The van der Waals surface area contributed by atoms with Crippen LogP contribution >= 0.6 is 22.6 Å². The lowest BCUT2D eigenvalue weighted by Gasteiger charge is -2.08. The van der Waals surface area contributed by atoms with Crippen LogP contribution in [0.4, 0.5) is 0 Å². The second-order valence-corrected chi connectivity index (χ2v) is 4.20. The second kappa shape index (κ2) is 5.69. The Morgan fingerprint density at radius 1 is 1.50 bits per heavy atom. The molecule has 0 atom stereocenters. The fourth-order valence-corrected chi connectivity index (χ4v) is 1.45. The summed E-state index contributed by atoms with van der Waals surface area (Å²) >= 11 is 2.14. The minimum atomic E-state index is -0.778. The third kappa shape index (κ3) is 3.37. The number of ether oxygens (including phenoxy) is 1. The minimum Gasteiger partial charge on any atom is -0.432 e. The van der Waals surface area contributed by atoms with E-state index in [1.54, 1.807) is 6.07 Å². The molecule has 2 N–H and O–H groups in total. The van der Waals surface area contributed by atoms with E-state index < -0.39 is 5.91 Å². The van der Waals surface area contributed by atoms with Gasteiger partial charge in [0, 0.05) is 3.57 Å². The maximum atomic E-state index is 11.0. The Hall–Kier alpha value is -1.31. The van der Waals surface area contributed by atoms with Crippen LogP contribution < -0.4 is 10.5 Å². The number of aryl methyl sites for hydroxylation is 1. The fourth-order valence-electron chi connectivity index (χ4n) is 0.985. The molecule has 1 aromatic carbocycles. The van der Waals surface area contributed by atoms with Crippen molar-refractivity contribution >= 4 is 34.4 Å². The molecule has 0 bridgehead atoms. The van der Waals surface area contributed by atoms with Crippen molar-refractivity contribution in [3.63, 3.8) is 0 Å². The molecule has 0 saturated carbocycles. The maximum absolute atomic E-state index is 11.0. The molecule has 0 radical (unpaired) electrons. The van der Waals surface area contributed by atoms with Crippen LogP contribution in [-0.2, 0) is 9.63 Å². The molecule has 0 aromatic heterocycles. The molecule has 0 heterocycles. The summed E-state index contributed by atoms with van der Waals surface area (Å²) in [6.45, 7) is 1.86. The zero-order valence-electron chi connectivity index (χ0n) is 8.86. The molecule has 5 nitrogen and oxygen atoms in total. The van der Waals surface area contributed by atoms with Gasteiger partial charge in [-0.05, 0) is 52.4 Å². The number of hydrogen-bond donors (Lipinski definition) is 1. The molecule has 6 heteroatoms. The molecule has 1 amide bonds. The predicted molar refractivity (Wildman–Crippen MR) is 68.2 cm³/mol. The highest BCUT2D eigenvalue weighted by Crippen LogP contribution is 2.20. The number of benzene rings is 1. The Balaban J connectivity index is 2.98. The van der Waals surface area contributed by atoms with Crippen LogP contribution in [0, 0.1) is 10.5 Å². The number of carbonyl (C=O) groups is 1. The molecule has 0 fully saturated rings. The number of nitrogens with two attached hydrogens (primary N) is 1. The lowest BCUT2D eigenvalue weighted by atomic mass is 10.2. The van der Waals surface area contributed by atoms with Crippen molar-refractivity contribution in [2.75, 3.05) is 7.11 Å². The van der Waals surface area contributed by atoms with Gasteiger partial charge in [0.05, 0.1) is 0 Å². The summed E-state index contributed by atoms with van der Waals surface area (Å²) in [5.41, 5.74) is 5.96. The van der Waals surface area contributed by atoms with Crippen LogP contribution in [0.1, 0.15) is 5.56 Å². The van der Waals surface area contributed by atoms with Gasteiger partial charge in [0.2, 0.25) is 0 Å². The zero-order chi connectivity index (χ0) is 12.1. The number of rotatable bonds is 2. The van der Waals surface area contributed by atoms with E-state index in [9.17, 15) is 4.79 Å². The van der Waals surface area contributed by atoms with Crippen molar-refractivity contribution in [2.45, 2.75) is 6.92 Å². The standard InChI is InChI=1S/C10H11IN2O3/c1-6-3-4-7(11)5-8(6)16-10(9(12)14)13-15-2/h3-5H,1-2H3,(H2,12,14)/b13-10+. The van der Waals surface area contributed by atoms with Gasteiger partial charge in [0.15, 0.2) is 0 Å². The van der Waals surface area contributed by atoms with Gasteiger partial charge in [-0.2, -0.15) is 0 Å². The molecule has 0 aliphatic rings. The van der Waals surface area contributed by atoms with Crippen LogP contribution in [0.15, 0.2) is 23.4 Å². The first-order valence-electron chi connectivity index (χ1n) is 4.39. The van der Waals surface area contributed by atoms with E-state index in [0.717, 1.165) is 9.13 Å². The summed E-state index contributed by atoms with van der Waals surface area (Å²) in [6, 6.07) is 5.59. The van der Waals surface area contributed by atoms with E-state index in [1.807, 2.05) is 19.1 Å². The Labute approximate surface area is 107 Å². The van der Waals surface area contributed by atoms with Gasteiger partial charge in [-0.3, -0.25) is 4.79 Å². The third-order valence-electron chi connectivity index (χ3n) is 1.74. The maximum Gasteiger partial charge on any atom is 0.321 e. The molecule has 86 valence electrons. The summed E-state index contributed by atoms with van der Waals surface area (Å²) < 4.78 is 6.26. The Morgan fingerprint density at radius 3 is 2.75 bits per heavy atom. The summed E-state index contributed by atoms with van der Waals surface area (Å²) in [7, 11) is 1.31. The molecule has 1 rings (SSSR count). The summed E-state index contributed by atoms with van der Waals surface area (Å²) in [4.78, 5) is 15.4. The topological polar surface area (TPSA) is 73.9 Å². The third-order valence-corrected chi connectivity index (χ3v) is 2.41. The average molecular weight is 334 g/mol. The molecule has 0 saturated heterocycles. The number of halogens is 1. The van der Waals surface area contributed by atoms with Gasteiger partial charge in [0.1, 0.15) is 12.9 Å². The van der Waals surface area contributed by atoms with E-state index >= 15 is 0 Å². The van der Waals surface area contributed by atoms with Crippen LogP contribution in [-0.4, -0.2) is 18.9 Å². The molecular formula is C10H11IN2O3.